The van der Waals surface area contributed by atoms with Crippen molar-refractivity contribution in [1.29, 1.82) is 0 Å². The van der Waals surface area contributed by atoms with Gasteiger partial charge in [-0.25, -0.2) is 22.4 Å². The molecule has 8 nitrogen and oxygen atoms in total. The molecule has 0 aliphatic rings. The Labute approximate surface area is 172 Å². The summed E-state index contributed by atoms with van der Waals surface area (Å²) in [5.74, 6) is -2.57. The third kappa shape index (κ3) is 5.14. The van der Waals surface area contributed by atoms with Gasteiger partial charge in [0.05, 0.1) is 17.0 Å². The van der Waals surface area contributed by atoms with Gasteiger partial charge in [-0.05, 0) is 25.0 Å². The van der Waals surface area contributed by atoms with Crippen LogP contribution in [0.15, 0.2) is 6.07 Å². The van der Waals surface area contributed by atoms with Crippen LogP contribution in [-0.4, -0.2) is 34.2 Å². The summed E-state index contributed by atoms with van der Waals surface area (Å²) >= 11 is 0.710. The zero-order valence-electron chi connectivity index (χ0n) is 15.9. The fraction of sp³-hybridized carbons (Fsp3) is 0.412. The van der Waals surface area contributed by atoms with Crippen LogP contribution in [0.2, 0.25) is 0 Å². The number of aromatic nitrogens is 2. The molecular formula is C17H18F4N4O4S. The third-order valence-electron chi connectivity index (χ3n) is 3.84. The lowest BCUT2D eigenvalue weighted by Crippen LogP contribution is -2.22. The van der Waals surface area contributed by atoms with Crippen LogP contribution in [0.3, 0.4) is 0 Å². The van der Waals surface area contributed by atoms with Crippen LogP contribution in [0.25, 0.3) is 0 Å². The number of nitrogens with one attached hydrogen (secondary N) is 1. The molecule has 164 valence electrons. The Balaban J connectivity index is 2.31. The maximum Gasteiger partial charge on any atom is 0.341 e. The van der Waals surface area contributed by atoms with E-state index in [2.05, 4.69) is 10.4 Å². The first kappa shape index (κ1) is 23.3. The molecule has 2 amide bonds. The van der Waals surface area contributed by atoms with Crippen LogP contribution < -0.4 is 11.1 Å². The van der Waals surface area contributed by atoms with Crippen LogP contribution in [0.1, 0.15) is 63.2 Å². The normalized spacial score (nSPS) is 11.2. The fourth-order valence-electron chi connectivity index (χ4n) is 2.51. The molecule has 2 aromatic heterocycles. The second kappa shape index (κ2) is 9.69. The van der Waals surface area contributed by atoms with Crippen molar-refractivity contribution in [2.75, 3.05) is 11.9 Å². The third-order valence-corrected chi connectivity index (χ3v) is 5.06. The Morgan fingerprint density at radius 2 is 1.93 bits per heavy atom. The second-order valence-electron chi connectivity index (χ2n) is 6.06. The van der Waals surface area contributed by atoms with Gasteiger partial charge in [-0.15, -0.1) is 11.3 Å². The van der Waals surface area contributed by atoms with Gasteiger partial charge >= 0.3 is 5.97 Å². The van der Waals surface area contributed by atoms with Crippen molar-refractivity contribution in [3.63, 3.8) is 0 Å². The first-order valence-corrected chi connectivity index (χ1v) is 9.42. The average molecular weight is 450 g/mol. The SMILES string of the molecule is CCCOC(=O)c1c(NC(=O)Cn2nc(C(F)F)cc2C(F)F)sc(C(N)=O)c1C. The molecule has 0 spiro atoms. The summed E-state index contributed by atoms with van der Waals surface area (Å²) in [6.07, 6.45) is -5.70. The highest BCUT2D eigenvalue weighted by Crippen LogP contribution is 2.34. The molecule has 0 saturated carbocycles. The number of esters is 1. The highest BCUT2D eigenvalue weighted by molar-refractivity contribution is 7.18. The van der Waals surface area contributed by atoms with Crippen molar-refractivity contribution in [2.45, 2.75) is 39.7 Å². The number of rotatable bonds is 9. The van der Waals surface area contributed by atoms with E-state index in [4.69, 9.17) is 10.5 Å². The van der Waals surface area contributed by atoms with Crippen molar-refractivity contribution >= 4 is 34.1 Å². The largest absolute Gasteiger partial charge is 0.462 e. The lowest BCUT2D eigenvalue weighted by atomic mass is 10.1. The molecule has 0 unspecified atom stereocenters. The Morgan fingerprint density at radius 3 is 2.47 bits per heavy atom. The van der Waals surface area contributed by atoms with Gasteiger partial charge in [0.15, 0.2) is 0 Å². The Morgan fingerprint density at radius 1 is 1.27 bits per heavy atom. The maximum absolute atomic E-state index is 13.1. The van der Waals surface area contributed by atoms with Crippen LogP contribution in [0.4, 0.5) is 22.6 Å². The minimum atomic E-state index is -3.14. The number of ether oxygens (including phenoxy) is 1. The summed E-state index contributed by atoms with van der Waals surface area (Å²) in [6.45, 7) is 2.48. The first-order valence-electron chi connectivity index (χ1n) is 8.60. The number of carbonyl (C=O) groups is 3. The van der Waals surface area contributed by atoms with E-state index in [1.54, 1.807) is 6.92 Å². The smallest absolute Gasteiger partial charge is 0.341 e. The van der Waals surface area contributed by atoms with E-state index < -0.39 is 48.6 Å². The van der Waals surface area contributed by atoms with Crippen molar-refractivity contribution in [3.05, 3.63) is 33.5 Å². The molecule has 0 saturated heterocycles. The van der Waals surface area contributed by atoms with Crippen LogP contribution in [0.5, 0.6) is 0 Å². The summed E-state index contributed by atoms with van der Waals surface area (Å²) in [6, 6.07) is 0.511. The molecule has 0 aromatic carbocycles. The number of nitrogens with zero attached hydrogens (tertiary/aromatic N) is 2. The molecule has 0 radical (unpaired) electrons. The summed E-state index contributed by atoms with van der Waals surface area (Å²) in [4.78, 5) is 36.3. The summed E-state index contributed by atoms with van der Waals surface area (Å²) < 4.78 is 57.1. The van der Waals surface area contributed by atoms with Gasteiger partial charge in [0.1, 0.15) is 22.9 Å². The van der Waals surface area contributed by atoms with E-state index in [1.807, 2.05) is 0 Å². The average Bonchev–Trinajstić information content (AvgIpc) is 3.21. The molecule has 0 aliphatic carbocycles. The number of anilines is 1. The van der Waals surface area contributed by atoms with Gasteiger partial charge in [-0.2, -0.15) is 5.10 Å². The zero-order valence-corrected chi connectivity index (χ0v) is 16.7. The zero-order chi connectivity index (χ0) is 22.6. The molecule has 2 rings (SSSR count). The van der Waals surface area contributed by atoms with Gasteiger partial charge < -0.3 is 15.8 Å². The Bertz CT molecular complexity index is 958. The number of primary amides is 1. The Hall–Kier alpha value is -2.96. The lowest BCUT2D eigenvalue weighted by Gasteiger charge is -2.09. The van der Waals surface area contributed by atoms with Gasteiger partial charge in [-0.3, -0.25) is 14.3 Å². The van der Waals surface area contributed by atoms with Crippen LogP contribution >= 0.6 is 11.3 Å². The Kier molecular flexibility index (Phi) is 7.54. The predicted molar refractivity (Wildman–Crippen MR) is 98.9 cm³/mol. The van der Waals surface area contributed by atoms with Gasteiger partial charge in [-0.1, -0.05) is 6.92 Å². The highest BCUT2D eigenvalue weighted by Gasteiger charge is 2.27. The minimum absolute atomic E-state index is 0.00101. The quantitative estimate of drug-likeness (QED) is 0.449. The number of hydrogen-bond donors (Lipinski definition) is 2. The topological polar surface area (TPSA) is 116 Å². The summed E-state index contributed by atoms with van der Waals surface area (Å²) in [5.41, 5.74) is 3.61. The predicted octanol–water partition coefficient (Wildman–Crippen LogP) is 3.43. The van der Waals surface area contributed by atoms with Gasteiger partial charge in [0, 0.05) is 0 Å². The van der Waals surface area contributed by atoms with E-state index >= 15 is 0 Å². The molecule has 2 heterocycles. The number of amides is 2. The summed E-state index contributed by atoms with van der Waals surface area (Å²) in [5, 5.41) is 5.56. The molecule has 13 heteroatoms. The monoisotopic (exact) mass is 450 g/mol. The molecule has 0 bridgehead atoms. The van der Waals surface area contributed by atoms with E-state index in [0.717, 1.165) is 0 Å². The van der Waals surface area contributed by atoms with E-state index in [9.17, 15) is 31.9 Å². The van der Waals surface area contributed by atoms with Crippen LogP contribution in [0, 0.1) is 6.92 Å². The van der Waals surface area contributed by atoms with E-state index in [1.165, 1.54) is 6.92 Å². The minimum Gasteiger partial charge on any atom is -0.462 e. The molecule has 0 atom stereocenters. The van der Waals surface area contributed by atoms with Crippen LogP contribution in [-0.2, 0) is 16.1 Å². The van der Waals surface area contributed by atoms with Gasteiger partial charge in [0.25, 0.3) is 18.8 Å². The number of thiophene rings is 1. The molecule has 0 fully saturated rings. The van der Waals surface area contributed by atoms with Crippen molar-refractivity contribution in [3.8, 4) is 0 Å². The number of nitrogens with two attached hydrogens (primary N) is 1. The number of hydrogen-bond acceptors (Lipinski definition) is 6. The molecule has 2 aromatic rings. The number of alkyl halides is 4. The highest BCUT2D eigenvalue weighted by atomic mass is 32.1. The number of carbonyl (C=O) groups excluding carboxylic acids is 3. The van der Waals surface area contributed by atoms with E-state index in [0.29, 0.717) is 28.5 Å². The number of halogens is 4. The molecular weight excluding hydrogens is 432 g/mol. The lowest BCUT2D eigenvalue weighted by molar-refractivity contribution is -0.117. The fourth-order valence-corrected chi connectivity index (χ4v) is 3.58. The second-order valence-corrected chi connectivity index (χ2v) is 7.08. The standard InChI is InChI=1S/C17H18F4N4O4S/c1-3-4-29-17(28)11-7(2)12(15(22)27)30-16(11)23-10(26)6-25-9(14(20)21)5-8(24-25)13(18)19/h5,13-14H,3-4,6H2,1-2H3,(H2,22,27)(H,23,26). The first-order chi connectivity index (χ1) is 14.1. The van der Waals surface area contributed by atoms with E-state index in [-0.39, 0.29) is 27.6 Å². The molecule has 30 heavy (non-hydrogen) atoms. The van der Waals surface area contributed by atoms with Crippen molar-refractivity contribution in [2.24, 2.45) is 5.73 Å². The summed E-state index contributed by atoms with van der Waals surface area (Å²) in [7, 11) is 0. The van der Waals surface area contributed by atoms with Crippen molar-refractivity contribution < 1.29 is 36.7 Å². The van der Waals surface area contributed by atoms with Crippen molar-refractivity contribution in [1.82, 2.24) is 9.78 Å². The van der Waals surface area contributed by atoms with Gasteiger partial charge in [0.2, 0.25) is 5.91 Å². The molecule has 3 N–H and O–H groups in total. The molecule has 0 aliphatic heterocycles. The maximum atomic E-state index is 13.1.